The summed E-state index contributed by atoms with van der Waals surface area (Å²) in [6, 6.07) is 1.79. The molecule has 1 saturated heterocycles. The van der Waals surface area contributed by atoms with Gasteiger partial charge in [0.2, 0.25) is 0 Å². The zero-order chi connectivity index (χ0) is 14.8. The molecule has 1 aliphatic rings. The van der Waals surface area contributed by atoms with Gasteiger partial charge in [0.05, 0.1) is 17.6 Å². The van der Waals surface area contributed by atoms with Gasteiger partial charge >= 0.3 is 6.09 Å². The lowest BCUT2D eigenvalue weighted by Gasteiger charge is -2.36. The first-order valence-corrected chi connectivity index (χ1v) is 6.79. The number of nitrogens with two attached hydrogens (primary N) is 1. The molecule has 2 rings (SSSR count). The monoisotopic (exact) mass is 278 g/mol. The van der Waals surface area contributed by atoms with E-state index in [0.29, 0.717) is 18.8 Å². The van der Waals surface area contributed by atoms with Crippen LogP contribution in [-0.4, -0.2) is 47.8 Å². The van der Waals surface area contributed by atoms with E-state index in [9.17, 15) is 4.79 Å². The maximum absolute atomic E-state index is 12.0. The number of nitrogen functional groups attached to an aromatic ring is 1. The highest BCUT2D eigenvalue weighted by molar-refractivity contribution is 5.70. The fraction of sp³-hybridized carbons (Fsp3) is 0.571. The Labute approximate surface area is 119 Å². The van der Waals surface area contributed by atoms with Crippen LogP contribution in [-0.2, 0) is 4.74 Å². The first-order chi connectivity index (χ1) is 9.37. The molecule has 0 saturated carbocycles. The van der Waals surface area contributed by atoms with Crippen LogP contribution < -0.4 is 10.6 Å². The third-order valence-electron chi connectivity index (χ3n) is 3.10. The number of carbonyl (C=O) groups excluding carboxylic acids is 1. The van der Waals surface area contributed by atoms with Crippen molar-refractivity contribution in [1.82, 2.24) is 9.88 Å². The number of rotatable bonds is 1. The largest absolute Gasteiger partial charge is 0.444 e. The first-order valence-electron chi connectivity index (χ1n) is 6.79. The van der Waals surface area contributed by atoms with E-state index >= 15 is 0 Å². The lowest BCUT2D eigenvalue weighted by Crippen LogP contribution is -2.50. The third kappa shape index (κ3) is 3.53. The number of hydrogen-bond donors (Lipinski definition) is 1. The van der Waals surface area contributed by atoms with E-state index in [2.05, 4.69) is 9.88 Å². The zero-order valence-corrected chi connectivity index (χ0v) is 12.3. The van der Waals surface area contributed by atoms with Gasteiger partial charge in [0.25, 0.3) is 0 Å². The van der Waals surface area contributed by atoms with Crippen molar-refractivity contribution in [2.24, 2.45) is 0 Å². The lowest BCUT2D eigenvalue weighted by molar-refractivity contribution is 0.0240. The average Bonchev–Trinajstić information content (AvgIpc) is 2.37. The molecular formula is C14H22N4O2. The lowest BCUT2D eigenvalue weighted by atomic mass is 10.2. The van der Waals surface area contributed by atoms with Gasteiger partial charge in [-0.05, 0) is 26.8 Å². The molecule has 20 heavy (non-hydrogen) atoms. The van der Waals surface area contributed by atoms with Crippen LogP contribution in [0.15, 0.2) is 18.5 Å². The van der Waals surface area contributed by atoms with Crippen molar-refractivity contribution < 1.29 is 9.53 Å². The maximum atomic E-state index is 12.0. The predicted octanol–water partition coefficient (Wildman–Crippen LogP) is 1.72. The van der Waals surface area contributed by atoms with Crippen molar-refractivity contribution in [1.29, 1.82) is 0 Å². The van der Waals surface area contributed by atoms with E-state index in [4.69, 9.17) is 10.5 Å². The van der Waals surface area contributed by atoms with Gasteiger partial charge in [-0.1, -0.05) is 0 Å². The Kier molecular flexibility index (Phi) is 4.01. The molecule has 6 nitrogen and oxygen atoms in total. The van der Waals surface area contributed by atoms with Gasteiger partial charge in [0, 0.05) is 32.4 Å². The summed E-state index contributed by atoms with van der Waals surface area (Å²) in [5.74, 6) is 0. The Balaban J connectivity index is 1.93. The topological polar surface area (TPSA) is 71.7 Å². The summed E-state index contributed by atoms with van der Waals surface area (Å²) in [6.45, 7) is 8.34. The molecule has 1 aromatic heterocycles. The van der Waals surface area contributed by atoms with Gasteiger partial charge in [0.1, 0.15) is 5.60 Å². The summed E-state index contributed by atoms with van der Waals surface area (Å²) in [4.78, 5) is 19.9. The number of hydrogen-bond acceptors (Lipinski definition) is 5. The Morgan fingerprint density at radius 2 is 1.95 bits per heavy atom. The van der Waals surface area contributed by atoms with Gasteiger partial charge in [-0.3, -0.25) is 4.98 Å². The van der Waals surface area contributed by atoms with Crippen LogP contribution in [0.4, 0.5) is 16.2 Å². The second-order valence-corrected chi connectivity index (χ2v) is 5.89. The van der Waals surface area contributed by atoms with Gasteiger partial charge < -0.3 is 20.3 Å². The summed E-state index contributed by atoms with van der Waals surface area (Å²) in [5, 5.41) is 0. The molecule has 2 N–H and O–H groups in total. The number of piperazine rings is 1. The van der Waals surface area contributed by atoms with Crippen molar-refractivity contribution in [3.05, 3.63) is 18.5 Å². The molecule has 1 amide bonds. The van der Waals surface area contributed by atoms with Crippen LogP contribution in [0, 0.1) is 0 Å². The van der Waals surface area contributed by atoms with Crippen LogP contribution in [0.25, 0.3) is 0 Å². The molecular weight excluding hydrogens is 256 g/mol. The zero-order valence-electron chi connectivity index (χ0n) is 12.3. The second kappa shape index (κ2) is 5.56. The van der Waals surface area contributed by atoms with Gasteiger partial charge in [-0.25, -0.2) is 4.79 Å². The second-order valence-electron chi connectivity index (χ2n) is 5.89. The van der Waals surface area contributed by atoms with E-state index in [1.807, 2.05) is 20.8 Å². The number of pyridine rings is 1. The van der Waals surface area contributed by atoms with Crippen molar-refractivity contribution >= 4 is 17.5 Å². The van der Waals surface area contributed by atoms with Crippen molar-refractivity contribution in [2.45, 2.75) is 26.4 Å². The molecule has 2 heterocycles. The molecule has 0 radical (unpaired) electrons. The Bertz CT molecular complexity index is 476. The van der Waals surface area contributed by atoms with Gasteiger partial charge in [0.15, 0.2) is 0 Å². The van der Waals surface area contributed by atoms with Crippen LogP contribution in [0.1, 0.15) is 20.8 Å². The minimum absolute atomic E-state index is 0.253. The molecule has 0 spiro atoms. The highest BCUT2D eigenvalue weighted by Crippen LogP contribution is 2.22. The predicted molar refractivity (Wildman–Crippen MR) is 78.7 cm³/mol. The van der Waals surface area contributed by atoms with E-state index < -0.39 is 5.60 Å². The highest BCUT2D eigenvalue weighted by Gasteiger charge is 2.26. The molecule has 110 valence electrons. The molecule has 0 atom stereocenters. The average molecular weight is 278 g/mol. The molecule has 0 aromatic carbocycles. The van der Waals surface area contributed by atoms with Crippen LogP contribution in [0.3, 0.4) is 0 Å². The third-order valence-corrected chi connectivity index (χ3v) is 3.10. The molecule has 1 aliphatic heterocycles. The maximum Gasteiger partial charge on any atom is 0.410 e. The number of anilines is 2. The number of nitrogens with zero attached hydrogens (tertiary/aromatic N) is 3. The van der Waals surface area contributed by atoms with Crippen molar-refractivity contribution in [3.8, 4) is 0 Å². The Hall–Kier alpha value is -1.98. The van der Waals surface area contributed by atoms with Crippen molar-refractivity contribution in [2.75, 3.05) is 36.8 Å². The van der Waals surface area contributed by atoms with Crippen molar-refractivity contribution in [3.63, 3.8) is 0 Å². The number of amides is 1. The Morgan fingerprint density at radius 1 is 1.30 bits per heavy atom. The quantitative estimate of drug-likeness (QED) is 0.847. The van der Waals surface area contributed by atoms with Gasteiger partial charge in [-0.15, -0.1) is 0 Å². The number of aromatic nitrogens is 1. The number of ether oxygens (including phenoxy) is 1. The SMILES string of the molecule is CC(C)(C)OC(=O)N1CCN(c2cnccc2N)CC1. The molecule has 0 bridgehead atoms. The highest BCUT2D eigenvalue weighted by atomic mass is 16.6. The summed E-state index contributed by atoms with van der Waals surface area (Å²) in [6.07, 6.45) is 3.19. The van der Waals surface area contributed by atoms with Gasteiger partial charge in [-0.2, -0.15) is 0 Å². The summed E-state index contributed by atoms with van der Waals surface area (Å²) >= 11 is 0. The number of carbonyl (C=O) groups is 1. The van der Waals surface area contributed by atoms with E-state index in [-0.39, 0.29) is 6.09 Å². The van der Waals surface area contributed by atoms with E-state index in [0.717, 1.165) is 18.8 Å². The molecule has 1 aromatic rings. The van der Waals surface area contributed by atoms with Crippen LogP contribution in [0.2, 0.25) is 0 Å². The smallest absolute Gasteiger partial charge is 0.410 e. The first kappa shape index (κ1) is 14.4. The normalized spacial score (nSPS) is 16.1. The molecule has 6 heteroatoms. The van der Waals surface area contributed by atoms with E-state index in [1.54, 1.807) is 23.4 Å². The summed E-state index contributed by atoms with van der Waals surface area (Å²) in [7, 11) is 0. The molecule has 0 aliphatic carbocycles. The van der Waals surface area contributed by atoms with Crippen LogP contribution in [0.5, 0.6) is 0 Å². The minimum Gasteiger partial charge on any atom is -0.444 e. The summed E-state index contributed by atoms with van der Waals surface area (Å²) < 4.78 is 5.37. The molecule has 0 unspecified atom stereocenters. The Morgan fingerprint density at radius 3 is 2.50 bits per heavy atom. The minimum atomic E-state index is -0.456. The standard InChI is InChI=1S/C14H22N4O2/c1-14(2,3)20-13(19)18-8-6-17(7-9-18)12-10-16-5-4-11(12)15/h4-5,10H,6-9H2,1-3H3,(H2,15,16). The summed E-state index contributed by atoms with van der Waals surface area (Å²) in [5.41, 5.74) is 7.13. The fourth-order valence-corrected chi connectivity index (χ4v) is 2.12. The van der Waals surface area contributed by atoms with E-state index in [1.165, 1.54) is 0 Å². The fourth-order valence-electron chi connectivity index (χ4n) is 2.12. The molecule has 1 fully saturated rings. The van der Waals surface area contributed by atoms with Crippen LogP contribution >= 0.6 is 0 Å².